The van der Waals surface area contributed by atoms with Gasteiger partial charge >= 0.3 is 0 Å². The van der Waals surface area contributed by atoms with Crippen LogP contribution in [0.4, 0.5) is 5.69 Å². The molecular weight excluding hydrogens is 248 g/mol. The summed E-state index contributed by atoms with van der Waals surface area (Å²) in [6.45, 7) is 10.3. The van der Waals surface area contributed by atoms with Crippen LogP contribution in [0.15, 0.2) is 24.3 Å². The molecule has 1 heterocycles. The van der Waals surface area contributed by atoms with E-state index in [-0.39, 0.29) is 17.7 Å². The van der Waals surface area contributed by atoms with Crippen LogP contribution in [-0.2, 0) is 4.74 Å². The first kappa shape index (κ1) is 15.3. The fourth-order valence-corrected chi connectivity index (χ4v) is 3.66. The van der Waals surface area contributed by atoms with E-state index in [1.807, 2.05) is 0 Å². The largest absolute Gasteiger partial charge is 0.375 e. The van der Waals surface area contributed by atoms with Crippen molar-refractivity contribution in [2.45, 2.75) is 58.3 Å². The highest BCUT2D eigenvalue weighted by atomic mass is 16.5. The van der Waals surface area contributed by atoms with E-state index in [4.69, 9.17) is 10.5 Å². The predicted octanol–water partition coefficient (Wildman–Crippen LogP) is 3.11. The molecule has 1 aromatic rings. The number of aryl methyl sites for hydroxylation is 1. The topological polar surface area (TPSA) is 38.5 Å². The van der Waals surface area contributed by atoms with Crippen LogP contribution in [0.1, 0.15) is 39.2 Å². The van der Waals surface area contributed by atoms with Crippen molar-refractivity contribution in [3.8, 4) is 0 Å². The van der Waals surface area contributed by atoms with Crippen LogP contribution in [0.3, 0.4) is 0 Å². The van der Waals surface area contributed by atoms with E-state index in [1.54, 1.807) is 0 Å². The summed E-state index contributed by atoms with van der Waals surface area (Å²) in [7, 11) is 0. The van der Waals surface area contributed by atoms with E-state index in [0.29, 0.717) is 6.54 Å². The van der Waals surface area contributed by atoms with Gasteiger partial charge in [-0.15, -0.1) is 0 Å². The van der Waals surface area contributed by atoms with Crippen molar-refractivity contribution >= 4 is 5.69 Å². The summed E-state index contributed by atoms with van der Waals surface area (Å²) in [5.74, 6) is 0. The lowest BCUT2D eigenvalue weighted by molar-refractivity contribution is -0.0598. The van der Waals surface area contributed by atoms with Gasteiger partial charge in [0.15, 0.2) is 0 Å². The lowest BCUT2D eigenvalue weighted by Gasteiger charge is -2.50. The zero-order chi connectivity index (χ0) is 14.8. The Labute approximate surface area is 123 Å². The van der Waals surface area contributed by atoms with Crippen LogP contribution in [0.2, 0.25) is 0 Å². The molecule has 0 spiro atoms. The molecule has 2 atom stereocenters. The fraction of sp³-hybridized carbons (Fsp3) is 0.647. The van der Waals surface area contributed by atoms with Crippen LogP contribution in [0.25, 0.3) is 0 Å². The third-order valence-corrected chi connectivity index (χ3v) is 4.41. The second kappa shape index (κ2) is 6.15. The number of benzene rings is 1. The lowest BCUT2D eigenvalue weighted by Crippen LogP contribution is -2.60. The average Bonchev–Trinajstić information content (AvgIpc) is 2.40. The van der Waals surface area contributed by atoms with E-state index in [1.165, 1.54) is 11.3 Å². The molecule has 112 valence electrons. The normalized spacial score (nSPS) is 30.2. The van der Waals surface area contributed by atoms with Gasteiger partial charge in [0.2, 0.25) is 0 Å². The van der Waals surface area contributed by atoms with Gasteiger partial charge < -0.3 is 15.4 Å². The van der Waals surface area contributed by atoms with Gasteiger partial charge in [-0.05, 0) is 52.7 Å². The summed E-state index contributed by atoms with van der Waals surface area (Å²) in [5.41, 5.74) is 8.78. The van der Waals surface area contributed by atoms with Crippen molar-refractivity contribution < 1.29 is 4.74 Å². The van der Waals surface area contributed by atoms with Gasteiger partial charge in [0.25, 0.3) is 0 Å². The summed E-state index contributed by atoms with van der Waals surface area (Å²) in [6.07, 6.45) is 2.52. The summed E-state index contributed by atoms with van der Waals surface area (Å²) >= 11 is 0. The highest BCUT2D eigenvalue weighted by Gasteiger charge is 2.41. The van der Waals surface area contributed by atoms with Crippen molar-refractivity contribution in [3.05, 3.63) is 29.8 Å². The van der Waals surface area contributed by atoms with Crippen LogP contribution in [-0.4, -0.2) is 30.8 Å². The van der Waals surface area contributed by atoms with E-state index in [2.05, 4.69) is 56.9 Å². The maximum atomic E-state index is 6.21. The number of nitrogens with two attached hydrogens (primary N) is 1. The monoisotopic (exact) mass is 276 g/mol. The number of hydrogen-bond donors (Lipinski definition) is 1. The lowest BCUT2D eigenvalue weighted by atomic mass is 9.82. The Morgan fingerprint density at radius 1 is 1.20 bits per heavy atom. The fourth-order valence-electron chi connectivity index (χ4n) is 3.66. The molecule has 3 heteroatoms. The van der Waals surface area contributed by atoms with Crippen molar-refractivity contribution in [3.63, 3.8) is 0 Å². The minimum absolute atomic E-state index is 0.0150. The van der Waals surface area contributed by atoms with E-state index in [0.717, 1.165) is 19.4 Å². The Balaban J connectivity index is 2.33. The molecule has 0 aromatic heterocycles. The van der Waals surface area contributed by atoms with Gasteiger partial charge in [-0.1, -0.05) is 17.7 Å². The number of likely N-dealkylation sites (N-methyl/N-ethyl adjacent to an activating group) is 1. The number of rotatable bonds is 4. The Morgan fingerprint density at radius 2 is 1.75 bits per heavy atom. The smallest absolute Gasteiger partial charge is 0.0573 e. The molecule has 2 unspecified atom stereocenters. The Hall–Kier alpha value is -1.06. The van der Waals surface area contributed by atoms with Gasteiger partial charge in [0.1, 0.15) is 0 Å². The minimum atomic E-state index is 0.0150. The Morgan fingerprint density at radius 3 is 2.20 bits per heavy atom. The third kappa shape index (κ3) is 2.99. The van der Waals surface area contributed by atoms with Gasteiger partial charge in [-0.2, -0.15) is 0 Å². The quantitative estimate of drug-likeness (QED) is 0.918. The molecule has 2 N–H and O–H groups in total. The molecule has 1 fully saturated rings. The van der Waals surface area contributed by atoms with Crippen LogP contribution >= 0.6 is 0 Å². The highest BCUT2D eigenvalue weighted by Crippen LogP contribution is 2.36. The summed E-state index contributed by atoms with van der Waals surface area (Å²) in [4.78, 5) is 2.47. The zero-order valence-electron chi connectivity index (χ0n) is 13.2. The number of anilines is 1. The van der Waals surface area contributed by atoms with Gasteiger partial charge in [-0.3, -0.25) is 0 Å². The van der Waals surface area contributed by atoms with E-state index < -0.39 is 0 Å². The summed E-state index contributed by atoms with van der Waals surface area (Å²) in [5, 5.41) is 0. The van der Waals surface area contributed by atoms with E-state index in [9.17, 15) is 0 Å². The summed E-state index contributed by atoms with van der Waals surface area (Å²) < 4.78 is 5.91. The number of ether oxygens (including phenoxy) is 1. The van der Waals surface area contributed by atoms with Crippen LogP contribution in [0.5, 0.6) is 0 Å². The maximum absolute atomic E-state index is 6.21. The van der Waals surface area contributed by atoms with E-state index >= 15 is 0 Å². The van der Waals surface area contributed by atoms with Crippen molar-refractivity contribution in [1.82, 2.24) is 0 Å². The molecule has 2 rings (SSSR count). The highest BCUT2D eigenvalue weighted by molar-refractivity contribution is 5.50. The number of nitrogens with zero attached hydrogens (tertiary/aromatic N) is 1. The first-order valence-corrected chi connectivity index (χ1v) is 7.70. The number of hydrogen-bond acceptors (Lipinski definition) is 3. The van der Waals surface area contributed by atoms with Crippen LogP contribution < -0.4 is 10.6 Å². The van der Waals surface area contributed by atoms with Gasteiger partial charge in [0, 0.05) is 18.8 Å². The van der Waals surface area contributed by atoms with Crippen LogP contribution in [0, 0.1) is 6.92 Å². The molecule has 0 saturated carbocycles. The van der Waals surface area contributed by atoms with Crippen molar-refractivity contribution in [1.29, 1.82) is 0 Å². The Bertz CT molecular complexity index is 419. The molecule has 0 bridgehead atoms. The molecular formula is C17H28N2O. The first-order valence-electron chi connectivity index (χ1n) is 7.70. The molecule has 0 radical (unpaired) electrons. The SMILES string of the molecule is CCN(c1ccc(C)cc1)C1(CN)CC(C)OC(C)C1. The van der Waals surface area contributed by atoms with Gasteiger partial charge in [-0.25, -0.2) is 0 Å². The van der Waals surface area contributed by atoms with Crippen molar-refractivity contribution in [2.24, 2.45) is 5.73 Å². The maximum Gasteiger partial charge on any atom is 0.0573 e. The third-order valence-electron chi connectivity index (χ3n) is 4.41. The van der Waals surface area contributed by atoms with Gasteiger partial charge in [0.05, 0.1) is 17.7 Å². The zero-order valence-corrected chi connectivity index (χ0v) is 13.2. The van der Waals surface area contributed by atoms with Crippen molar-refractivity contribution in [2.75, 3.05) is 18.0 Å². The molecule has 0 amide bonds. The second-order valence-corrected chi connectivity index (χ2v) is 6.17. The molecule has 3 nitrogen and oxygen atoms in total. The average molecular weight is 276 g/mol. The first-order chi connectivity index (χ1) is 9.50. The molecule has 1 aromatic carbocycles. The predicted molar refractivity (Wildman–Crippen MR) is 85.2 cm³/mol. The second-order valence-electron chi connectivity index (χ2n) is 6.17. The molecule has 1 aliphatic heterocycles. The Kier molecular flexibility index (Phi) is 4.71. The molecule has 1 aliphatic rings. The minimum Gasteiger partial charge on any atom is -0.375 e. The molecule has 1 saturated heterocycles. The standard InChI is InChI=1S/C17H28N2O/c1-5-19(16-8-6-13(2)7-9-16)17(12-18)10-14(3)20-15(4)11-17/h6-9,14-15H,5,10-12,18H2,1-4H3. The molecule has 20 heavy (non-hydrogen) atoms. The summed E-state index contributed by atoms with van der Waals surface area (Å²) in [6, 6.07) is 8.77. The molecule has 0 aliphatic carbocycles.